The molecule has 0 aliphatic carbocycles. The maximum atomic E-state index is 11.8. The smallest absolute Gasteiger partial charge is 0.410 e. The van der Waals surface area contributed by atoms with Gasteiger partial charge in [0.2, 0.25) is 0 Å². The molecule has 1 saturated heterocycles. The largest absolute Gasteiger partial charge is 0.444 e. The number of rotatable bonds is 2. The van der Waals surface area contributed by atoms with Gasteiger partial charge in [-0.05, 0) is 27.2 Å². The van der Waals surface area contributed by atoms with E-state index in [1.165, 1.54) is 19.1 Å². The van der Waals surface area contributed by atoms with E-state index in [0.29, 0.717) is 13.0 Å². The summed E-state index contributed by atoms with van der Waals surface area (Å²) in [5.41, 5.74) is -0.548. The van der Waals surface area contributed by atoms with Crippen molar-refractivity contribution in [2.75, 3.05) is 20.7 Å². The topological polar surface area (TPSA) is 59.1 Å². The Morgan fingerprint density at radius 2 is 1.94 bits per heavy atom. The molecule has 17 heavy (non-hydrogen) atoms. The van der Waals surface area contributed by atoms with Crippen LogP contribution in [0.2, 0.25) is 0 Å². The molecule has 1 aliphatic heterocycles. The highest BCUT2D eigenvalue weighted by molar-refractivity contribution is 5.86. The molecule has 0 aromatic carbocycles. The molecule has 0 aromatic rings. The fourth-order valence-electron chi connectivity index (χ4n) is 1.48. The van der Waals surface area contributed by atoms with E-state index < -0.39 is 17.7 Å². The van der Waals surface area contributed by atoms with Gasteiger partial charge in [-0.1, -0.05) is 0 Å². The predicted octanol–water partition coefficient (Wildman–Crippen LogP) is 1.02. The molecule has 6 nitrogen and oxygen atoms in total. The van der Waals surface area contributed by atoms with E-state index in [2.05, 4.69) is 0 Å². The Hall–Kier alpha value is -1.30. The van der Waals surface area contributed by atoms with Crippen LogP contribution in [0, 0.1) is 0 Å². The second-order valence-corrected chi connectivity index (χ2v) is 5.00. The molecule has 0 spiro atoms. The van der Waals surface area contributed by atoms with Crippen molar-refractivity contribution in [1.82, 2.24) is 9.96 Å². The Morgan fingerprint density at radius 3 is 2.29 bits per heavy atom. The number of nitrogens with zero attached hydrogens (tertiary/aromatic N) is 2. The molecule has 1 rings (SSSR count). The summed E-state index contributed by atoms with van der Waals surface area (Å²) in [6, 6.07) is -0.463. The minimum Gasteiger partial charge on any atom is -0.444 e. The summed E-state index contributed by atoms with van der Waals surface area (Å²) in [5, 5.41) is 1.13. The van der Waals surface area contributed by atoms with Crippen LogP contribution < -0.4 is 0 Å². The molecule has 1 fully saturated rings. The van der Waals surface area contributed by atoms with E-state index in [9.17, 15) is 9.59 Å². The van der Waals surface area contributed by atoms with Crippen molar-refractivity contribution >= 4 is 12.0 Å². The zero-order valence-corrected chi connectivity index (χ0v) is 11.0. The van der Waals surface area contributed by atoms with Crippen molar-refractivity contribution in [3.8, 4) is 0 Å². The van der Waals surface area contributed by atoms with E-state index in [1.807, 2.05) is 0 Å². The second-order valence-electron chi connectivity index (χ2n) is 5.00. The SMILES string of the molecule is CON(C)C(=O)C1CCN1C(=O)OC(C)(C)C. The van der Waals surface area contributed by atoms with Gasteiger partial charge in [0.15, 0.2) is 0 Å². The molecule has 0 bridgehead atoms. The van der Waals surface area contributed by atoms with Crippen LogP contribution >= 0.6 is 0 Å². The molecular weight excluding hydrogens is 224 g/mol. The van der Waals surface area contributed by atoms with E-state index in [-0.39, 0.29) is 5.91 Å². The number of carbonyl (C=O) groups is 2. The molecule has 98 valence electrons. The van der Waals surface area contributed by atoms with E-state index in [4.69, 9.17) is 9.57 Å². The van der Waals surface area contributed by atoms with E-state index in [0.717, 1.165) is 5.06 Å². The summed E-state index contributed by atoms with van der Waals surface area (Å²) in [6.45, 7) is 5.93. The summed E-state index contributed by atoms with van der Waals surface area (Å²) >= 11 is 0. The van der Waals surface area contributed by atoms with E-state index >= 15 is 0 Å². The third kappa shape index (κ3) is 3.33. The zero-order valence-electron chi connectivity index (χ0n) is 11.0. The molecule has 0 aromatic heterocycles. The lowest BCUT2D eigenvalue weighted by atomic mass is 10.0. The Morgan fingerprint density at radius 1 is 1.35 bits per heavy atom. The zero-order chi connectivity index (χ0) is 13.2. The van der Waals surface area contributed by atoms with Crippen LogP contribution in [0.5, 0.6) is 0 Å². The number of amides is 2. The summed E-state index contributed by atoms with van der Waals surface area (Å²) in [7, 11) is 2.93. The Labute approximate surface area is 101 Å². The first-order valence-corrected chi connectivity index (χ1v) is 5.57. The number of hydrogen-bond donors (Lipinski definition) is 0. The van der Waals surface area contributed by atoms with Gasteiger partial charge in [-0.2, -0.15) is 0 Å². The van der Waals surface area contributed by atoms with Crippen LogP contribution in [-0.4, -0.2) is 54.3 Å². The highest BCUT2D eigenvalue weighted by atomic mass is 16.7. The highest BCUT2D eigenvalue weighted by Crippen LogP contribution is 2.22. The minimum atomic E-state index is -0.548. The van der Waals surface area contributed by atoms with Gasteiger partial charge in [-0.3, -0.25) is 14.5 Å². The van der Waals surface area contributed by atoms with Gasteiger partial charge < -0.3 is 4.74 Å². The van der Waals surface area contributed by atoms with Gasteiger partial charge >= 0.3 is 6.09 Å². The lowest BCUT2D eigenvalue weighted by Gasteiger charge is -2.41. The summed E-state index contributed by atoms with van der Waals surface area (Å²) < 4.78 is 5.21. The molecular formula is C11H20N2O4. The molecule has 0 radical (unpaired) electrons. The number of likely N-dealkylation sites (tertiary alicyclic amines) is 1. The Balaban J connectivity index is 2.57. The third-order valence-electron chi connectivity index (χ3n) is 2.52. The average Bonchev–Trinajstić information content (AvgIpc) is 2.11. The lowest BCUT2D eigenvalue weighted by Crippen LogP contribution is -2.59. The second kappa shape index (κ2) is 4.91. The molecule has 1 heterocycles. The van der Waals surface area contributed by atoms with Gasteiger partial charge in [-0.15, -0.1) is 0 Å². The molecule has 1 atom stereocenters. The van der Waals surface area contributed by atoms with Gasteiger partial charge in [0.1, 0.15) is 11.6 Å². The van der Waals surface area contributed by atoms with Crippen molar-refractivity contribution in [3.05, 3.63) is 0 Å². The molecule has 2 amide bonds. The van der Waals surface area contributed by atoms with Crippen LogP contribution in [0.15, 0.2) is 0 Å². The van der Waals surface area contributed by atoms with Crippen LogP contribution in [0.1, 0.15) is 27.2 Å². The van der Waals surface area contributed by atoms with Crippen molar-refractivity contribution in [1.29, 1.82) is 0 Å². The number of carbonyl (C=O) groups excluding carboxylic acids is 2. The van der Waals surface area contributed by atoms with Crippen molar-refractivity contribution in [3.63, 3.8) is 0 Å². The lowest BCUT2D eigenvalue weighted by molar-refractivity contribution is -0.178. The molecule has 1 unspecified atom stereocenters. The fraction of sp³-hybridized carbons (Fsp3) is 0.818. The summed E-state index contributed by atoms with van der Waals surface area (Å²) in [4.78, 5) is 29.8. The highest BCUT2D eigenvalue weighted by Gasteiger charge is 2.41. The van der Waals surface area contributed by atoms with Crippen molar-refractivity contribution < 1.29 is 19.2 Å². The monoisotopic (exact) mass is 244 g/mol. The standard InChI is InChI=1S/C11H20N2O4/c1-11(2,3)17-10(15)13-7-6-8(13)9(14)12(4)16-5/h8H,6-7H2,1-5H3. The molecule has 6 heteroatoms. The summed E-state index contributed by atoms with van der Waals surface area (Å²) in [6.07, 6.45) is 0.192. The molecule has 0 saturated carbocycles. The number of hydroxylamine groups is 2. The van der Waals surface area contributed by atoms with Crippen LogP contribution in [0.4, 0.5) is 4.79 Å². The first-order chi connectivity index (χ1) is 7.76. The Kier molecular flexibility index (Phi) is 3.98. The van der Waals surface area contributed by atoms with Gasteiger partial charge in [0.25, 0.3) is 5.91 Å². The predicted molar refractivity (Wildman–Crippen MR) is 61.1 cm³/mol. The van der Waals surface area contributed by atoms with E-state index in [1.54, 1.807) is 20.8 Å². The Bertz CT molecular complexity index is 311. The van der Waals surface area contributed by atoms with Crippen molar-refractivity contribution in [2.45, 2.75) is 38.8 Å². The first kappa shape index (κ1) is 13.8. The van der Waals surface area contributed by atoms with Crippen LogP contribution in [0.3, 0.4) is 0 Å². The molecule has 0 N–H and O–H groups in total. The number of likely N-dealkylation sites (N-methyl/N-ethyl adjacent to an activating group) is 1. The fourth-order valence-corrected chi connectivity index (χ4v) is 1.48. The van der Waals surface area contributed by atoms with Gasteiger partial charge in [0, 0.05) is 13.6 Å². The van der Waals surface area contributed by atoms with Crippen molar-refractivity contribution in [2.24, 2.45) is 0 Å². The maximum absolute atomic E-state index is 11.8. The quantitative estimate of drug-likeness (QED) is 0.680. The number of hydrogen-bond acceptors (Lipinski definition) is 4. The van der Waals surface area contributed by atoms with Crippen LogP contribution in [-0.2, 0) is 14.4 Å². The van der Waals surface area contributed by atoms with Crippen LogP contribution in [0.25, 0.3) is 0 Å². The maximum Gasteiger partial charge on any atom is 0.410 e. The number of ether oxygens (including phenoxy) is 1. The molecule has 1 aliphatic rings. The first-order valence-electron chi connectivity index (χ1n) is 5.57. The van der Waals surface area contributed by atoms with Gasteiger partial charge in [-0.25, -0.2) is 9.86 Å². The average molecular weight is 244 g/mol. The van der Waals surface area contributed by atoms with Gasteiger partial charge in [0.05, 0.1) is 7.11 Å². The minimum absolute atomic E-state index is 0.232. The normalized spacial score (nSPS) is 19.6. The third-order valence-corrected chi connectivity index (χ3v) is 2.52. The summed E-state index contributed by atoms with van der Waals surface area (Å²) in [5.74, 6) is -0.232.